The quantitative estimate of drug-likeness (QED) is 0.767. The number of carbonyl (C=O) groups excluding carboxylic acids is 4. The van der Waals surface area contributed by atoms with Crippen molar-refractivity contribution in [3.05, 3.63) is 29.3 Å². The van der Waals surface area contributed by atoms with Gasteiger partial charge in [-0.3, -0.25) is 4.79 Å². The summed E-state index contributed by atoms with van der Waals surface area (Å²) in [5, 5.41) is 13.9. The minimum Gasteiger partial charge on any atom is -0.550 e. The average Bonchev–Trinajstić information content (AvgIpc) is 2.66. The van der Waals surface area contributed by atoms with E-state index in [4.69, 9.17) is 0 Å². The molecule has 1 aromatic carbocycles. The first-order valence-corrected chi connectivity index (χ1v) is 8.20. The summed E-state index contributed by atoms with van der Waals surface area (Å²) in [5.74, 6) is -4.68. The van der Waals surface area contributed by atoms with Crippen molar-refractivity contribution in [1.82, 2.24) is 0 Å². The number of rotatable bonds is 5. The van der Waals surface area contributed by atoms with Gasteiger partial charge in [0.15, 0.2) is 0 Å². The number of benzene rings is 1. The molecular formula is C18H20NO7-. The van der Waals surface area contributed by atoms with Crippen LogP contribution in [0.15, 0.2) is 18.2 Å². The van der Waals surface area contributed by atoms with E-state index in [-0.39, 0.29) is 16.8 Å². The molecule has 0 heterocycles. The molecule has 1 amide bonds. The molecule has 8 nitrogen and oxygen atoms in total. The number of carboxylic acids is 1. The van der Waals surface area contributed by atoms with Gasteiger partial charge in [0.1, 0.15) is 0 Å². The van der Waals surface area contributed by atoms with Crippen molar-refractivity contribution >= 4 is 29.5 Å². The predicted octanol–water partition coefficient (Wildman–Crippen LogP) is 0.755. The van der Waals surface area contributed by atoms with E-state index in [0.717, 1.165) is 12.8 Å². The number of anilines is 1. The molecule has 0 aliphatic heterocycles. The Morgan fingerprint density at radius 3 is 1.88 bits per heavy atom. The summed E-state index contributed by atoms with van der Waals surface area (Å²) in [6.07, 6.45) is 2.30. The fourth-order valence-electron chi connectivity index (χ4n) is 3.13. The topological polar surface area (TPSA) is 122 Å². The van der Waals surface area contributed by atoms with Gasteiger partial charge in [0.25, 0.3) is 0 Å². The van der Waals surface area contributed by atoms with Crippen LogP contribution in [0.5, 0.6) is 0 Å². The van der Waals surface area contributed by atoms with Crippen LogP contribution in [-0.2, 0) is 19.1 Å². The van der Waals surface area contributed by atoms with Crippen molar-refractivity contribution in [1.29, 1.82) is 0 Å². The lowest BCUT2D eigenvalue weighted by Crippen LogP contribution is -2.42. The van der Waals surface area contributed by atoms with Gasteiger partial charge in [0.2, 0.25) is 5.91 Å². The van der Waals surface area contributed by atoms with E-state index in [1.807, 2.05) is 0 Å². The molecule has 1 aliphatic rings. The molecule has 0 unspecified atom stereocenters. The lowest BCUT2D eigenvalue weighted by atomic mass is 9.78. The fourth-order valence-corrected chi connectivity index (χ4v) is 3.13. The summed E-state index contributed by atoms with van der Waals surface area (Å²) in [4.78, 5) is 47.4. The third-order valence-corrected chi connectivity index (χ3v) is 4.45. The number of esters is 2. The summed E-state index contributed by atoms with van der Waals surface area (Å²) in [7, 11) is 2.38. The zero-order valence-electron chi connectivity index (χ0n) is 14.6. The Balaban J connectivity index is 2.29. The van der Waals surface area contributed by atoms with Gasteiger partial charge in [-0.05, 0) is 31.0 Å². The number of hydrogen-bond donors (Lipinski definition) is 1. The van der Waals surface area contributed by atoms with Crippen LogP contribution < -0.4 is 10.4 Å². The lowest BCUT2D eigenvalue weighted by Gasteiger charge is -2.31. The fraction of sp³-hybridized carbons (Fsp3) is 0.444. The molecular weight excluding hydrogens is 342 g/mol. The first-order chi connectivity index (χ1) is 12.4. The Morgan fingerprint density at radius 2 is 1.42 bits per heavy atom. The Kier molecular flexibility index (Phi) is 6.32. The Hall–Kier alpha value is -2.90. The van der Waals surface area contributed by atoms with E-state index in [1.165, 1.54) is 32.4 Å². The Morgan fingerprint density at radius 1 is 0.923 bits per heavy atom. The molecule has 0 radical (unpaired) electrons. The van der Waals surface area contributed by atoms with Gasteiger partial charge >= 0.3 is 11.9 Å². The lowest BCUT2D eigenvalue weighted by molar-refractivity contribution is -0.313. The van der Waals surface area contributed by atoms with E-state index in [2.05, 4.69) is 14.8 Å². The molecule has 1 saturated carbocycles. The molecule has 0 saturated heterocycles. The van der Waals surface area contributed by atoms with Gasteiger partial charge in [-0.1, -0.05) is 12.8 Å². The van der Waals surface area contributed by atoms with Gasteiger partial charge in [0.05, 0.1) is 25.3 Å². The Labute approximate surface area is 150 Å². The van der Waals surface area contributed by atoms with E-state index < -0.39 is 35.7 Å². The minimum absolute atomic E-state index is 0.0609. The number of nitrogens with one attached hydrogen (secondary N) is 1. The van der Waals surface area contributed by atoms with Crippen LogP contribution in [0.4, 0.5) is 5.69 Å². The maximum Gasteiger partial charge on any atom is 0.337 e. The minimum atomic E-state index is -1.25. The van der Waals surface area contributed by atoms with Gasteiger partial charge in [-0.15, -0.1) is 0 Å². The monoisotopic (exact) mass is 362 g/mol. The number of amides is 1. The van der Waals surface area contributed by atoms with Crippen molar-refractivity contribution in [2.45, 2.75) is 25.7 Å². The molecule has 2 rings (SSSR count). The number of methoxy groups -OCH3 is 2. The second-order valence-corrected chi connectivity index (χ2v) is 6.09. The molecule has 1 aliphatic carbocycles. The summed E-state index contributed by atoms with van der Waals surface area (Å²) in [5.41, 5.74) is 0.303. The summed E-state index contributed by atoms with van der Waals surface area (Å²) >= 11 is 0. The summed E-state index contributed by atoms with van der Waals surface area (Å²) < 4.78 is 9.28. The third kappa shape index (κ3) is 4.38. The summed E-state index contributed by atoms with van der Waals surface area (Å²) in [6, 6.07) is 4.00. The van der Waals surface area contributed by atoms with E-state index in [9.17, 15) is 24.3 Å². The van der Waals surface area contributed by atoms with Crippen LogP contribution in [0.1, 0.15) is 46.4 Å². The molecule has 8 heteroatoms. The molecule has 26 heavy (non-hydrogen) atoms. The zero-order valence-corrected chi connectivity index (χ0v) is 14.6. The summed E-state index contributed by atoms with van der Waals surface area (Å²) in [6.45, 7) is 0. The van der Waals surface area contributed by atoms with Crippen LogP contribution in [-0.4, -0.2) is 38.0 Å². The highest BCUT2D eigenvalue weighted by molar-refractivity contribution is 6.00. The van der Waals surface area contributed by atoms with E-state index in [1.54, 1.807) is 0 Å². The first kappa shape index (κ1) is 19.4. The van der Waals surface area contributed by atoms with Gasteiger partial charge in [-0.2, -0.15) is 0 Å². The van der Waals surface area contributed by atoms with Crippen molar-refractivity contribution in [2.75, 3.05) is 19.5 Å². The first-order valence-electron chi connectivity index (χ1n) is 8.20. The third-order valence-electron chi connectivity index (χ3n) is 4.45. The predicted molar refractivity (Wildman–Crippen MR) is 88.2 cm³/mol. The largest absolute Gasteiger partial charge is 0.550 e. The molecule has 0 bridgehead atoms. The van der Waals surface area contributed by atoms with E-state index in [0.29, 0.717) is 12.8 Å². The van der Waals surface area contributed by atoms with Gasteiger partial charge < -0.3 is 24.7 Å². The van der Waals surface area contributed by atoms with Gasteiger partial charge in [0, 0.05) is 23.5 Å². The average molecular weight is 362 g/mol. The highest BCUT2D eigenvalue weighted by Gasteiger charge is 2.32. The number of hydrogen-bond acceptors (Lipinski definition) is 7. The highest BCUT2D eigenvalue weighted by Crippen LogP contribution is 2.31. The van der Waals surface area contributed by atoms with Crippen LogP contribution in [0.2, 0.25) is 0 Å². The van der Waals surface area contributed by atoms with Crippen molar-refractivity contribution in [3.8, 4) is 0 Å². The Bertz CT molecular complexity index is 694. The molecule has 0 aromatic heterocycles. The maximum absolute atomic E-state index is 12.5. The van der Waals surface area contributed by atoms with Crippen LogP contribution >= 0.6 is 0 Å². The molecule has 140 valence electrons. The van der Waals surface area contributed by atoms with Gasteiger partial charge in [-0.25, -0.2) is 9.59 Å². The van der Waals surface area contributed by atoms with Crippen LogP contribution in [0, 0.1) is 11.8 Å². The molecule has 1 fully saturated rings. The molecule has 1 N–H and O–H groups in total. The van der Waals surface area contributed by atoms with Crippen LogP contribution in [0.3, 0.4) is 0 Å². The standard InChI is InChI=1S/C18H21NO7/c1-25-17(23)10-7-11(18(24)26-2)9-12(8-10)19-15(20)13-5-3-4-6-14(13)16(21)22/h7-9,13-14H,3-6H2,1-2H3,(H,19,20)(H,21,22)/p-1/t13-,14+/m1/s1. The zero-order chi connectivity index (χ0) is 19.3. The maximum atomic E-state index is 12.5. The van der Waals surface area contributed by atoms with Crippen molar-refractivity contribution in [2.24, 2.45) is 11.8 Å². The number of aliphatic carboxylic acids is 1. The van der Waals surface area contributed by atoms with Crippen molar-refractivity contribution in [3.63, 3.8) is 0 Å². The molecule has 2 atom stereocenters. The smallest absolute Gasteiger partial charge is 0.337 e. The molecule has 0 spiro atoms. The number of ether oxygens (including phenoxy) is 2. The number of carboxylic acid groups (broad SMARTS) is 1. The number of carbonyl (C=O) groups is 4. The molecule has 1 aromatic rings. The highest BCUT2D eigenvalue weighted by atomic mass is 16.5. The normalized spacial score (nSPS) is 19.3. The SMILES string of the molecule is COC(=O)c1cc(NC(=O)[C@@H]2CCCC[C@@H]2C(=O)[O-])cc(C(=O)OC)c1. The van der Waals surface area contributed by atoms with Crippen LogP contribution in [0.25, 0.3) is 0 Å². The second kappa shape index (κ2) is 8.46. The second-order valence-electron chi connectivity index (χ2n) is 6.09. The van der Waals surface area contributed by atoms with Crippen molar-refractivity contribution < 1.29 is 33.8 Å². The van der Waals surface area contributed by atoms with E-state index >= 15 is 0 Å².